The maximum Gasteiger partial charge on any atom is 0.129 e. The van der Waals surface area contributed by atoms with Crippen LogP contribution >= 0.6 is 24.0 Å². The van der Waals surface area contributed by atoms with E-state index in [-0.39, 0.29) is 30.7 Å². The van der Waals surface area contributed by atoms with Gasteiger partial charge in [0.1, 0.15) is 5.82 Å². The third-order valence-electron chi connectivity index (χ3n) is 3.31. The van der Waals surface area contributed by atoms with E-state index in [0.717, 1.165) is 26.2 Å². The van der Waals surface area contributed by atoms with E-state index >= 15 is 0 Å². The van der Waals surface area contributed by atoms with E-state index < -0.39 is 6.67 Å². The number of benzene rings is 1. The summed E-state index contributed by atoms with van der Waals surface area (Å²) in [4.78, 5) is 2.10. The number of piperazine rings is 1. The molecule has 1 N–H and O–H groups in total. The van der Waals surface area contributed by atoms with E-state index in [1.165, 1.54) is 6.07 Å². The van der Waals surface area contributed by atoms with Crippen molar-refractivity contribution in [3.63, 3.8) is 0 Å². The minimum absolute atomic E-state index is 0. The molecule has 0 amide bonds. The number of alkyl halides is 1. The first-order valence-electron chi connectivity index (χ1n) is 6.18. The number of nitrogens with zero attached hydrogens (tertiary/aromatic N) is 1. The van der Waals surface area contributed by atoms with E-state index in [4.69, 9.17) is 11.6 Å². The minimum Gasteiger partial charge on any atom is -0.314 e. The van der Waals surface area contributed by atoms with Crippen molar-refractivity contribution in [1.29, 1.82) is 0 Å². The lowest BCUT2D eigenvalue weighted by Crippen LogP contribution is -2.45. The van der Waals surface area contributed by atoms with Crippen molar-refractivity contribution in [1.82, 2.24) is 10.2 Å². The Balaban J connectivity index is 0.00000180. The number of hydrogen-bond donors (Lipinski definition) is 1. The van der Waals surface area contributed by atoms with Crippen LogP contribution < -0.4 is 5.32 Å². The lowest BCUT2D eigenvalue weighted by molar-refractivity contribution is 0.154. The molecule has 1 atom stereocenters. The summed E-state index contributed by atoms with van der Waals surface area (Å²) in [5.74, 6) is -0.348. The summed E-state index contributed by atoms with van der Waals surface area (Å²) < 4.78 is 26.7. The van der Waals surface area contributed by atoms with Crippen LogP contribution in [-0.4, -0.2) is 37.8 Å². The second-order valence-electron chi connectivity index (χ2n) is 4.41. The average molecular weight is 311 g/mol. The van der Waals surface area contributed by atoms with E-state index in [1.807, 2.05) is 0 Å². The molecule has 2 nitrogen and oxygen atoms in total. The molecule has 0 radical (unpaired) electrons. The van der Waals surface area contributed by atoms with Gasteiger partial charge in [0.05, 0.1) is 6.67 Å². The average Bonchev–Trinajstić information content (AvgIpc) is 2.38. The fraction of sp³-hybridized carbons (Fsp3) is 0.538. The van der Waals surface area contributed by atoms with Crippen molar-refractivity contribution < 1.29 is 8.78 Å². The lowest BCUT2D eigenvalue weighted by Gasteiger charge is -2.35. The van der Waals surface area contributed by atoms with Crippen LogP contribution in [0.2, 0.25) is 5.02 Å². The Labute approximate surface area is 123 Å². The SMILES string of the molecule is Cl.FCC[C@@H](c1c(F)cccc1Cl)N1CCNCC1. The van der Waals surface area contributed by atoms with Gasteiger partial charge in [-0.05, 0) is 18.6 Å². The zero-order valence-corrected chi connectivity index (χ0v) is 12.1. The highest BCUT2D eigenvalue weighted by Crippen LogP contribution is 2.32. The number of rotatable bonds is 4. The van der Waals surface area contributed by atoms with Gasteiger partial charge in [0.2, 0.25) is 0 Å². The van der Waals surface area contributed by atoms with E-state index in [0.29, 0.717) is 10.6 Å². The highest BCUT2D eigenvalue weighted by atomic mass is 35.5. The van der Waals surface area contributed by atoms with Crippen molar-refractivity contribution >= 4 is 24.0 Å². The zero-order valence-electron chi connectivity index (χ0n) is 10.5. The summed E-state index contributed by atoms with van der Waals surface area (Å²) in [6.07, 6.45) is 0.278. The third kappa shape index (κ3) is 4.02. The molecule has 1 aliphatic rings. The molecule has 0 aliphatic carbocycles. The topological polar surface area (TPSA) is 15.3 Å². The maximum atomic E-state index is 13.9. The molecule has 1 aliphatic heterocycles. The van der Waals surface area contributed by atoms with Gasteiger partial charge in [-0.1, -0.05) is 17.7 Å². The smallest absolute Gasteiger partial charge is 0.129 e. The first-order valence-corrected chi connectivity index (χ1v) is 6.56. The van der Waals surface area contributed by atoms with E-state index in [9.17, 15) is 8.78 Å². The summed E-state index contributed by atoms with van der Waals surface area (Å²) in [6, 6.07) is 4.35. The van der Waals surface area contributed by atoms with Crippen LogP contribution in [0.1, 0.15) is 18.0 Å². The molecule has 0 saturated carbocycles. The number of hydrogen-bond acceptors (Lipinski definition) is 2. The Morgan fingerprint density at radius 2 is 2.00 bits per heavy atom. The summed E-state index contributed by atoms with van der Waals surface area (Å²) in [6.45, 7) is 2.79. The summed E-state index contributed by atoms with van der Waals surface area (Å²) in [7, 11) is 0. The van der Waals surface area contributed by atoms with Crippen LogP contribution in [0.5, 0.6) is 0 Å². The fourth-order valence-electron chi connectivity index (χ4n) is 2.44. The Morgan fingerprint density at radius 3 is 2.58 bits per heavy atom. The molecule has 19 heavy (non-hydrogen) atoms. The normalized spacial score (nSPS) is 17.8. The predicted molar refractivity (Wildman–Crippen MR) is 76.4 cm³/mol. The molecule has 1 heterocycles. The largest absolute Gasteiger partial charge is 0.314 e. The van der Waals surface area contributed by atoms with Crippen molar-refractivity contribution in [3.05, 3.63) is 34.6 Å². The van der Waals surface area contributed by atoms with Crippen LogP contribution in [0.15, 0.2) is 18.2 Å². The summed E-state index contributed by atoms with van der Waals surface area (Å²) >= 11 is 6.07. The Kier molecular flexibility index (Phi) is 7.00. The van der Waals surface area contributed by atoms with Crippen LogP contribution in [0, 0.1) is 5.82 Å². The second kappa shape index (κ2) is 8.00. The first-order chi connectivity index (χ1) is 8.74. The maximum absolute atomic E-state index is 13.9. The van der Waals surface area contributed by atoms with Gasteiger partial charge in [-0.3, -0.25) is 9.29 Å². The number of halogens is 4. The van der Waals surface area contributed by atoms with Crippen LogP contribution in [-0.2, 0) is 0 Å². The summed E-state index contributed by atoms with van der Waals surface area (Å²) in [5.41, 5.74) is 0.429. The summed E-state index contributed by atoms with van der Waals surface area (Å²) in [5, 5.41) is 3.61. The third-order valence-corrected chi connectivity index (χ3v) is 3.64. The fourth-order valence-corrected chi connectivity index (χ4v) is 2.72. The Morgan fingerprint density at radius 1 is 1.32 bits per heavy atom. The van der Waals surface area contributed by atoms with E-state index in [1.54, 1.807) is 12.1 Å². The van der Waals surface area contributed by atoms with Gasteiger partial charge in [0.15, 0.2) is 0 Å². The second-order valence-corrected chi connectivity index (χ2v) is 4.82. The molecule has 6 heteroatoms. The molecule has 0 unspecified atom stereocenters. The van der Waals surface area contributed by atoms with E-state index in [2.05, 4.69) is 10.2 Å². The zero-order chi connectivity index (χ0) is 13.0. The molecule has 0 aromatic heterocycles. The predicted octanol–water partition coefficient (Wildman–Crippen LogP) is 3.21. The molecule has 0 spiro atoms. The molecule has 1 aromatic rings. The lowest BCUT2D eigenvalue weighted by atomic mass is 10.0. The monoisotopic (exact) mass is 310 g/mol. The Bertz CT molecular complexity index is 378. The van der Waals surface area contributed by atoms with Crippen molar-refractivity contribution in [2.75, 3.05) is 32.9 Å². The molecule has 1 saturated heterocycles. The van der Waals surface area contributed by atoms with Crippen molar-refractivity contribution in [2.24, 2.45) is 0 Å². The van der Waals surface area contributed by atoms with Gasteiger partial charge >= 0.3 is 0 Å². The molecule has 1 aromatic carbocycles. The van der Waals surface area contributed by atoms with Crippen LogP contribution in [0.25, 0.3) is 0 Å². The molecule has 108 valence electrons. The van der Waals surface area contributed by atoms with Gasteiger partial charge in [-0.15, -0.1) is 12.4 Å². The number of nitrogens with one attached hydrogen (secondary N) is 1. The molecule has 2 rings (SSSR count). The van der Waals surface area contributed by atoms with Crippen LogP contribution in [0.3, 0.4) is 0 Å². The highest BCUT2D eigenvalue weighted by molar-refractivity contribution is 6.31. The quantitative estimate of drug-likeness (QED) is 0.918. The van der Waals surface area contributed by atoms with Gasteiger partial charge in [-0.2, -0.15) is 0 Å². The van der Waals surface area contributed by atoms with Crippen LogP contribution in [0.4, 0.5) is 8.78 Å². The molecule has 1 fully saturated rings. The molecule has 0 bridgehead atoms. The van der Waals surface area contributed by atoms with Crippen molar-refractivity contribution in [3.8, 4) is 0 Å². The van der Waals surface area contributed by atoms with Gasteiger partial charge < -0.3 is 5.32 Å². The first kappa shape index (κ1) is 16.6. The molecular formula is C13H18Cl2F2N2. The highest BCUT2D eigenvalue weighted by Gasteiger charge is 2.26. The van der Waals surface area contributed by atoms with Gasteiger partial charge in [0.25, 0.3) is 0 Å². The van der Waals surface area contributed by atoms with Gasteiger partial charge in [0, 0.05) is 42.8 Å². The Hall–Kier alpha value is -0.420. The van der Waals surface area contributed by atoms with Gasteiger partial charge in [-0.25, -0.2) is 4.39 Å². The molecular weight excluding hydrogens is 293 g/mol. The van der Waals surface area contributed by atoms with Crippen molar-refractivity contribution in [2.45, 2.75) is 12.5 Å². The standard InChI is InChI=1S/C13H17ClF2N2.ClH/c14-10-2-1-3-11(16)13(10)12(4-5-15)18-8-6-17-7-9-18;/h1-3,12,17H,4-9H2;1H/t12-;/m0./s1. The minimum atomic E-state index is -0.473.